The summed E-state index contributed by atoms with van der Waals surface area (Å²) in [6.07, 6.45) is 7.58. The number of carbonyl (C=O) groups excluding carboxylic acids is 3. The summed E-state index contributed by atoms with van der Waals surface area (Å²) in [5.41, 5.74) is 4.95. The summed E-state index contributed by atoms with van der Waals surface area (Å²) in [7, 11) is 0. The zero-order valence-corrected chi connectivity index (χ0v) is 33.5. The number of fused-ring (bicyclic) bond motifs is 1. The molecular weight excluding hydrogens is 782 g/mol. The number of carbonyl (C=O) groups is 3. The largest absolute Gasteiger partial charge is 0.377 e. The fraction of sp³-hybridized carbons (Fsp3) is 0.410. The first-order chi connectivity index (χ1) is 28.7. The number of H-pyrrole nitrogens is 1. The highest BCUT2D eigenvalue weighted by atomic mass is 35.5. The molecule has 0 aromatic carbocycles. The van der Waals surface area contributed by atoms with E-state index in [0.717, 1.165) is 60.6 Å². The van der Waals surface area contributed by atoms with Crippen molar-refractivity contribution in [2.24, 2.45) is 0 Å². The molecule has 20 heteroatoms. The number of hydrogen-bond acceptors (Lipinski definition) is 14. The molecule has 0 spiro atoms. The molecule has 0 aliphatic carbocycles. The molecule has 6 rings (SSSR count). The molecule has 1 saturated heterocycles. The maximum atomic E-state index is 12.6. The van der Waals surface area contributed by atoms with E-state index in [4.69, 9.17) is 21.1 Å². The minimum atomic E-state index is -0.434. The van der Waals surface area contributed by atoms with Crippen molar-refractivity contribution < 1.29 is 23.9 Å². The third kappa shape index (κ3) is 12.8. The number of halogens is 1. The van der Waals surface area contributed by atoms with Crippen LogP contribution in [0.25, 0.3) is 11.0 Å². The molecule has 1 aliphatic heterocycles. The number of aromatic nitrogens is 7. The summed E-state index contributed by atoms with van der Waals surface area (Å²) >= 11 is 6.20. The number of amides is 3. The van der Waals surface area contributed by atoms with E-state index >= 15 is 0 Å². The Kier molecular flexibility index (Phi) is 15.8. The van der Waals surface area contributed by atoms with Crippen LogP contribution in [0.15, 0.2) is 66.0 Å². The third-order valence-corrected chi connectivity index (χ3v) is 9.69. The van der Waals surface area contributed by atoms with Crippen LogP contribution >= 0.6 is 11.6 Å². The van der Waals surface area contributed by atoms with E-state index in [9.17, 15) is 19.2 Å². The summed E-state index contributed by atoms with van der Waals surface area (Å²) in [4.78, 5) is 70.2. The normalized spacial score (nSPS) is 13.1. The monoisotopic (exact) mass is 829 g/mol. The Morgan fingerprint density at radius 1 is 0.881 bits per heavy atom. The minimum absolute atomic E-state index is 0.00616. The van der Waals surface area contributed by atoms with Gasteiger partial charge in [0.1, 0.15) is 11.4 Å². The third-order valence-electron chi connectivity index (χ3n) is 9.40. The maximum absolute atomic E-state index is 12.6. The standard InChI is InChI=1S/C39H48ClN13O6/c1-2-28-22-33-34(49-37(28)55)21-27(23-44-33)26-51-13-15-52(16-14-51)29-3-4-31(45-24-29)38(56)42-9-17-58-19-20-59-18-10-43-39(57)32-6-5-30(36(40)48-32)47-35(54)25-41-7-11-53-12-8-46-50-53/h3-6,8,12,21-24,41H,2,7,9-11,13-20,25-26H2,1H3,(H,42,56)(H,43,57)(H,47,54)(H,49,55). The van der Waals surface area contributed by atoms with Gasteiger partial charge in [0.25, 0.3) is 17.4 Å². The molecule has 19 nitrogen and oxygen atoms in total. The number of ether oxygens (including phenoxy) is 2. The molecule has 312 valence electrons. The molecule has 1 fully saturated rings. The van der Waals surface area contributed by atoms with Crippen molar-refractivity contribution in [2.75, 3.05) is 89.0 Å². The lowest BCUT2D eigenvalue weighted by atomic mass is 10.1. The van der Waals surface area contributed by atoms with Gasteiger partial charge in [0, 0.05) is 70.3 Å². The summed E-state index contributed by atoms with van der Waals surface area (Å²) in [6, 6.07) is 10.5. The number of hydrogen-bond donors (Lipinski definition) is 5. The molecule has 0 atom stereocenters. The van der Waals surface area contributed by atoms with Crippen molar-refractivity contribution in [2.45, 2.75) is 26.4 Å². The summed E-state index contributed by atoms with van der Waals surface area (Å²) < 4.78 is 12.7. The van der Waals surface area contributed by atoms with E-state index in [-0.39, 0.29) is 47.9 Å². The van der Waals surface area contributed by atoms with Gasteiger partial charge in [0.05, 0.1) is 74.3 Å². The average molecular weight is 830 g/mol. The zero-order valence-electron chi connectivity index (χ0n) is 32.8. The van der Waals surface area contributed by atoms with Crippen LogP contribution in [-0.2, 0) is 33.8 Å². The number of aromatic amines is 1. The van der Waals surface area contributed by atoms with Gasteiger partial charge in [-0.3, -0.25) is 33.7 Å². The van der Waals surface area contributed by atoms with Crippen molar-refractivity contribution in [3.8, 4) is 0 Å². The smallest absolute Gasteiger partial charge is 0.270 e. The van der Waals surface area contributed by atoms with Crippen LogP contribution in [0.4, 0.5) is 11.4 Å². The number of nitrogens with zero attached hydrogens (tertiary/aromatic N) is 8. The molecular formula is C39H48ClN13O6. The Balaban J connectivity index is 0.784. The lowest BCUT2D eigenvalue weighted by molar-refractivity contribution is -0.115. The van der Waals surface area contributed by atoms with Gasteiger partial charge in [-0.05, 0) is 48.4 Å². The van der Waals surface area contributed by atoms with Crippen molar-refractivity contribution in [1.29, 1.82) is 0 Å². The van der Waals surface area contributed by atoms with Crippen molar-refractivity contribution in [3.63, 3.8) is 0 Å². The van der Waals surface area contributed by atoms with Crippen LogP contribution in [0.3, 0.4) is 0 Å². The molecule has 3 amide bonds. The predicted molar refractivity (Wildman–Crippen MR) is 221 cm³/mol. The Morgan fingerprint density at radius 3 is 2.31 bits per heavy atom. The Labute approximate surface area is 345 Å². The molecule has 59 heavy (non-hydrogen) atoms. The quantitative estimate of drug-likeness (QED) is 0.0519. The molecule has 1 aliphatic rings. The van der Waals surface area contributed by atoms with Gasteiger partial charge < -0.3 is 40.6 Å². The highest BCUT2D eigenvalue weighted by Crippen LogP contribution is 2.20. The molecule has 0 radical (unpaired) electrons. The van der Waals surface area contributed by atoms with Crippen LogP contribution in [0, 0.1) is 0 Å². The average Bonchev–Trinajstić information content (AvgIpc) is 3.77. The first kappa shape index (κ1) is 42.7. The van der Waals surface area contributed by atoms with Crippen molar-refractivity contribution >= 4 is 51.7 Å². The number of rotatable bonds is 21. The highest BCUT2D eigenvalue weighted by molar-refractivity contribution is 6.32. The van der Waals surface area contributed by atoms with E-state index in [0.29, 0.717) is 57.3 Å². The van der Waals surface area contributed by atoms with Crippen LogP contribution in [0.1, 0.15) is 39.0 Å². The van der Waals surface area contributed by atoms with E-state index in [2.05, 4.69) is 61.3 Å². The molecule has 5 aromatic rings. The van der Waals surface area contributed by atoms with E-state index in [1.54, 1.807) is 29.3 Å². The van der Waals surface area contributed by atoms with Gasteiger partial charge in [-0.2, -0.15) is 0 Å². The fourth-order valence-electron chi connectivity index (χ4n) is 6.22. The zero-order chi connectivity index (χ0) is 41.4. The van der Waals surface area contributed by atoms with Crippen LogP contribution in [0.5, 0.6) is 0 Å². The van der Waals surface area contributed by atoms with Gasteiger partial charge in [-0.25, -0.2) is 9.97 Å². The summed E-state index contributed by atoms with van der Waals surface area (Å²) in [6.45, 7) is 8.90. The Hall–Kier alpha value is -5.86. The Morgan fingerprint density at radius 2 is 1.63 bits per heavy atom. The lowest BCUT2D eigenvalue weighted by Gasteiger charge is -2.36. The van der Waals surface area contributed by atoms with E-state index in [1.165, 1.54) is 12.1 Å². The minimum Gasteiger partial charge on any atom is -0.377 e. The molecule has 0 unspecified atom stereocenters. The molecule has 5 N–H and O–H groups in total. The number of piperazine rings is 1. The Bertz CT molecular complexity index is 2210. The van der Waals surface area contributed by atoms with Crippen LogP contribution < -0.4 is 31.7 Å². The molecule has 0 saturated carbocycles. The van der Waals surface area contributed by atoms with Crippen LogP contribution in [0.2, 0.25) is 5.15 Å². The predicted octanol–water partition coefficient (Wildman–Crippen LogP) is 1.26. The van der Waals surface area contributed by atoms with E-state index in [1.807, 2.05) is 31.3 Å². The second kappa shape index (κ2) is 21.8. The first-order valence-electron chi connectivity index (χ1n) is 19.4. The summed E-state index contributed by atoms with van der Waals surface area (Å²) in [5.74, 6) is -1.03. The van der Waals surface area contributed by atoms with Crippen molar-refractivity contribution in [3.05, 3.63) is 99.2 Å². The summed E-state index contributed by atoms with van der Waals surface area (Å²) in [5, 5.41) is 18.8. The molecule has 6 heterocycles. The fourth-order valence-corrected chi connectivity index (χ4v) is 6.42. The van der Waals surface area contributed by atoms with E-state index < -0.39 is 5.91 Å². The maximum Gasteiger partial charge on any atom is 0.270 e. The first-order valence-corrected chi connectivity index (χ1v) is 19.8. The van der Waals surface area contributed by atoms with Crippen molar-refractivity contribution in [1.82, 2.24) is 55.8 Å². The highest BCUT2D eigenvalue weighted by Gasteiger charge is 2.19. The topological polar surface area (TPSA) is 227 Å². The lowest BCUT2D eigenvalue weighted by Crippen LogP contribution is -2.46. The van der Waals surface area contributed by atoms with Gasteiger partial charge in [-0.15, -0.1) is 5.10 Å². The second-order valence-electron chi connectivity index (χ2n) is 13.6. The molecule has 0 bridgehead atoms. The molecule has 5 aromatic heterocycles. The van der Waals surface area contributed by atoms with Gasteiger partial charge in [0.15, 0.2) is 5.15 Å². The number of anilines is 2. The van der Waals surface area contributed by atoms with Crippen LogP contribution in [-0.4, -0.2) is 136 Å². The van der Waals surface area contributed by atoms with Gasteiger partial charge >= 0.3 is 0 Å². The number of nitrogens with one attached hydrogen (secondary N) is 5. The van der Waals surface area contributed by atoms with Gasteiger partial charge in [0.2, 0.25) is 5.91 Å². The van der Waals surface area contributed by atoms with Gasteiger partial charge in [-0.1, -0.05) is 23.7 Å². The SMILES string of the molecule is CCc1cc2ncc(CN3CCN(c4ccc(C(=O)NCCOCCOCCNC(=O)c5ccc(NC(=O)CNCCn6ccnn6)c(Cl)n5)nc4)CC3)cc2[nH]c1=O. The number of pyridine rings is 4. The number of aryl methyl sites for hydroxylation is 1. The second-order valence-corrected chi connectivity index (χ2v) is 13.9.